The van der Waals surface area contributed by atoms with Crippen molar-refractivity contribution in [1.82, 2.24) is 0 Å². The Morgan fingerprint density at radius 3 is 0.929 bits per heavy atom. The van der Waals surface area contributed by atoms with Crippen molar-refractivity contribution in [3.05, 3.63) is 108 Å². The molecule has 0 bridgehead atoms. The molecule has 0 saturated heterocycles. The van der Waals surface area contributed by atoms with E-state index in [2.05, 4.69) is 141 Å². The molecule has 0 fully saturated rings. The van der Waals surface area contributed by atoms with Crippen LogP contribution in [0.15, 0.2) is 91.0 Å². The van der Waals surface area contributed by atoms with Crippen molar-refractivity contribution in [2.45, 2.75) is 24.6 Å². The fourth-order valence-corrected chi connectivity index (χ4v) is 12.2. The van der Waals surface area contributed by atoms with Crippen molar-refractivity contribution >= 4 is 39.5 Å². The topological polar surface area (TPSA) is 0 Å². The van der Waals surface area contributed by atoms with Gasteiger partial charge in [0, 0.05) is 0 Å². The zero-order valence-corrected chi connectivity index (χ0v) is 24.3. The molecule has 148 valence electrons. The molecule has 0 atom stereocenters. The summed E-state index contributed by atoms with van der Waals surface area (Å²) in [5.74, 6) is 0. The molecule has 0 unspecified atom stereocenters. The van der Waals surface area contributed by atoms with E-state index >= 15 is 0 Å². The summed E-state index contributed by atoms with van der Waals surface area (Å²) in [4.78, 5) is 0. The molecule has 0 aliphatic carbocycles. The van der Waals surface area contributed by atoms with Gasteiger partial charge >= 0.3 is 199 Å². The van der Waals surface area contributed by atoms with Gasteiger partial charge in [0.25, 0.3) is 0 Å². The molecule has 0 aliphatic heterocycles. The first-order valence-electron chi connectivity index (χ1n) is 9.42. The van der Waals surface area contributed by atoms with Crippen LogP contribution < -0.4 is 0 Å². The van der Waals surface area contributed by atoms with Crippen LogP contribution in [0.25, 0.3) is 0 Å². The van der Waals surface area contributed by atoms with Crippen molar-refractivity contribution in [3.63, 3.8) is 0 Å². The monoisotopic (exact) mass is 636 g/mol. The van der Waals surface area contributed by atoms with Crippen molar-refractivity contribution in [2.24, 2.45) is 0 Å². The summed E-state index contributed by atoms with van der Waals surface area (Å²) in [6, 6.07) is 32.8. The summed E-state index contributed by atoms with van der Waals surface area (Å²) >= 11 is 7.62. The van der Waals surface area contributed by atoms with Crippen LogP contribution in [0.1, 0.15) is 16.7 Å². The van der Waals surface area contributed by atoms with E-state index < -0.39 is 26.9 Å². The Hall–Kier alpha value is 0.529. The van der Waals surface area contributed by atoms with Crippen molar-refractivity contribution < 1.29 is 26.9 Å². The Morgan fingerprint density at radius 2 is 0.714 bits per heavy atom. The standard InChI is InChI=1S/3C7H7.2CH3.3BrH.2Ti/c3*1-7-5-3-2-4-6-7;;;;;;;/h3*2-6H,1H2;2*1H3;3*1H;;/q;;;;;;;;+1;+2/p-3. The first-order chi connectivity index (χ1) is 13.2. The summed E-state index contributed by atoms with van der Waals surface area (Å²) in [5, 5.41) is 4.42. The molecular formula is C23H27Br3Ti2. The zero-order valence-electron chi connectivity index (χ0n) is 16.4. The van der Waals surface area contributed by atoms with Crippen molar-refractivity contribution in [3.8, 4) is 0 Å². The number of halogens is 3. The molecule has 0 amide bonds. The van der Waals surface area contributed by atoms with Crippen LogP contribution in [-0.4, -0.2) is 0 Å². The summed E-state index contributed by atoms with van der Waals surface area (Å²) in [5.41, 5.74) is 4.36. The number of benzene rings is 3. The van der Waals surface area contributed by atoms with E-state index in [1.165, 1.54) is 30.9 Å². The molecule has 5 heteroatoms. The van der Waals surface area contributed by atoms with Crippen LogP contribution in [0, 0.1) is 0 Å². The maximum absolute atomic E-state index is 4.28. The van der Waals surface area contributed by atoms with E-state index in [1.807, 2.05) is 0 Å². The molecule has 28 heavy (non-hydrogen) atoms. The number of hydrogen-bond acceptors (Lipinski definition) is 0. The molecule has 3 aromatic rings. The molecule has 0 radical (unpaired) electrons. The van der Waals surface area contributed by atoms with Crippen LogP contribution in [0.5, 0.6) is 0 Å². The average Bonchev–Trinajstić information content (AvgIpc) is 2.62. The zero-order chi connectivity index (χ0) is 20.5. The third kappa shape index (κ3) is 11.1. The molecule has 0 heterocycles. The first-order valence-corrected chi connectivity index (χ1v) is 27.4. The number of rotatable bonds is 6. The van der Waals surface area contributed by atoms with Gasteiger partial charge < -0.3 is 0 Å². The van der Waals surface area contributed by atoms with E-state index in [-0.39, 0.29) is 0 Å². The Morgan fingerprint density at radius 1 is 0.500 bits per heavy atom. The summed E-state index contributed by atoms with van der Waals surface area (Å²) in [7, 11) is 0. The molecule has 0 aromatic heterocycles. The molecule has 0 saturated carbocycles. The van der Waals surface area contributed by atoms with Crippen LogP contribution in [0.4, 0.5) is 0 Å². The molecule has 0 N–H and O–H groups in total. The molecule has 0 nitrogen and oxygen atoms in total. The predicted molar refractivity (Wildman–Crippen MR) is 129 cm³/mol. The Labute approximate surface area is 196 Å². The second-order valence-corrected chi connectivity index (χ2v) is 44.5. The van der Waals surface area contributed by atoms with Gasteiger partial charge in [0.1, 0.15) is 0 Å². The van der Waals surface area contributed by atoms with Gasteiger partial charge in [-0.05, 0) is 0 Å². The summed E-state index contributed by atoms with van der Waals surface area (Å²) in [6.45, 7) is 0. The normalized spacial score (nSPS) is 11.5. The van der Waals surface area contributed by atoms with Gasteiger partial charge in [-0.3, -0.25) is 0 Å². The molecule has 3 rings (SSSR count). The second kappa shape index (κ2) is 12.4. The predicted octanol–water partition coefficient (Wildman–Crippen LogP) is 8.91. The van der Waals surface area contributed by atoms with Gasteiger partial charge in [0.05, 0.1) is 0 Å². The third-order valence-corrected chi connectivity index (χ3v) is 12.4. The second-order valence-electron chi connectivity index (χ2n) is 7.47. The average molecular weight is 639 g/mol. The maximum atomic E-state index is 4.28. The third-order valence-electron chi connectivity index (χ3n) is 4.09. The Balaban J connectivity index is 0.000000500. The van der Waals surface area contributed by atoms with Crippen LogP contribution in [-0.2, 0) is 41.1 Å². The van der Waals surface area contributed by atoms with Gasteiger partial charge in [0.15, 0.2) is 0 Å². The fourth-order valence-electron chi connectivity index (χ4n) is 3.07. The number of hydrogen-bond donors (Lipinski definition) is 0. The Bertz CT molecular complexity index is 696. The van der Waals surface area contributed by atoms with Gasteiger partial charge in [-0.2, -0.15) is 0 Å². The van der Waals surface area contributed by atoms with Gasteiger partial charge in [0.2, 0.25) is 0 Å². The SMILES string of the molecule is [Br][Ti]([CH2]c1ccccc1)([CH2]c1ccccc1)[CH2]c1ccccc1.[CH3][Ti]([CH3])([Br])[Br]. The first kappa shape index (κ1) is 24.8. The molecular weight excluding hydrogens is 612 g/mol. The molecule has 3 aromatic carbocycles. The minimum absolute atomic E-state index is 1.20. The van der Waals surface area contributed by atoms with Gasteiger partial charge in [-0.1, -0.05) is 0 Å². The van der Waals surface area contributed by atoms with E-state index in [9.17, 15) is 0 Å². The van der Waals surface area contributed by atoms with Crippen LogP contribution in [0.2, 0.25) is 10.5 Å². The van der Waals surface area contributed by atoms with Crippen molar-refractivity contribution in [2.75, 3.05) is 0 Å². The van der Waals surface area contributed by atoms with Gasteiger partial charge in [-0.15, -0.1) is 0 Å². The summed E-state index contributed by atoms with van der Waals surface area (Å²) in [6.07, 6.45) is 0. The van der Waals surface area contributed by atoms with Crippen molar-refractivity contribution in [1.29, 1.82) is 0 Å². The van der Waals surface area contributed by atoms with Gasteiger partial charge in [-0.25, -0.2) is 0 Å². The van der Waals surface area contributed by atoms with E-state index in [0.29, 0.717) is 0 Å². The van der Waals surface area contributed by atoms with E-state index in [0.717, 1.165) is 0 Å². The minimum atomic E-state index is -2.25. The Kier molecular flexibility index (Phi) is 11.0. The van der Waals surface area contributed by atoms with E-state index in [1.54, 1.807) is 0 Å². The fraction of sp³-hybridized carbons (Fsp3) is 0.217. The molecule has 0 aliphatic rings. The summed E-state index contributed by atoms with van der Waals surface area (Å²) < 4.78 is 3.60. The van der Waals surface area contributed by atoms with Crippen LogP contribution >= 0.6 is 39.5 Å². The van der Waals surface area contributed by atoms with E-state index in [4.69, 9.17) is 0 Å². The quantitative estimate of drug-likeness (QED) is 0.237. The van der Waals surface area contributed by atoms with Crippen LogP contribution in [0.3, 0.4) is 0 Å². The molecule has 0 spiro atoms.